The van der Waals surface area contributed by atoms with Crippen LogP contribution in [0, 0.1) is 21.3 Å². The van der Waals surface area contributed by atoms with E-state index in [0.717, 1.165) is 18.4 Å². The highest BCUT2D eigenvalue weighted by Gasteiger charge is 2.44. The van der Waals surface area contributed by atoms with E-state index in [9.17, 15) is 24.6 Å². The summed E-state index contributed by atoms with van der Waals surface area (Å²) < 4.78 is 12.4. The molecule has 2 fully saturated rings. The molecule has 11 heteroatoms. The molecule has 2 bridgehead atoms. The van der Waals surface area contributed by atoms with Gasteiger partial charge in [-0.1, -0.05) is 30.2 Å². The summed E-state index contributed by atoms with van der Waals surface area (Å²) in [6, 6.07) is 9.65. The third kappa shape index (κ3) is 7.41. The fourth-order valence-electron chi connectivity index (χ4n) is 6.98. The molecule has 2 saturated carbocycles. The molecule has 6 atom stereocenters. The van der Waals surface area contributed by atoms with Crippen molar-refractivity contribution in [3.63, 3.8) is 0 Å². The van der Waals surface area contributed by atoms with Crippen LogP contribution in [0.4, 0.5) is 0 Å². The topological polar surface area (TPSA) is 125 Å². The Morgan fingerprint density at radius 3 is 2.59 bits per heavy atom. The monoisotopic (exact) mass is 736 g/mol. The summed E-state index contributed by atoms with van der Waals surface area (Å²) in [6.07, 6.45) is 5.18. The van der Waals surface area contributed by atoms with Crippen LogP contribution >= 0.6 is 34.2 Å². The zero-order valence-electron chi connectivity index (χ0n) is 24.6. The first-order chi connectivity index (χ1) is 21.2. The van der Waals surface area contributed by atoms with E-state index < -0.39 is 24.2 Å². The molecule has 236 valence electrons. The molecular formula is C33H38ClIN2O7. The fourth-order valence-corrected chi connectivity index (χ4v) is 7.86. The van der Waals surface area contributed by atoms with Gasteiger partial charge >= 0.3 is 0 Å². The Morgan fingerprint density at radius 1 is 1.18 bits per heavy atom. The largest absolute Gasteiger partial charge is 0.493 e. The average molecular weight is 737 g/mol. The molecular weight excluding hydrogens is 699 g/mol. The summed E-state index contributed by atoms with van der Waals surface area (Å²) >= 11 is 8.18. The number of hydrogen-bond acceptors (Lipinski definition) is 7. The lowest BCUT2D eigenvalue weighted by molar-refractivity contribution is -0.141. The number of aldehydes is 1. The lowest BCUT2D eigenvalue weighted by atomic mass is 9.84. The second-order valence-electron chi connectivity index (χ2n) is 12.0. The van der Waals surface area contributed by atoms with Gasteiger partial charge < -0.3 is 29.9 Å². The number of aliphatic hydroxyl groups is 2. The van der Waals surface area contributed by atoms with Crippen LogP contribution in [0.5, 0.6) is 11.5 Å². The lowest BCUT2D eigenvalue weighted by Crippen LogP contribution is -2.55. The molecule has 3 aliphatic carbocycles. The van der Waals surface area contributed by atoms with Gasteiger partial charge in [0.15, 0.2) is 11.5 Å². The lowest BCUT2D eigenvalue weighted by Gasteiger charge is -2.41. The summed E-state index contributed by atoms with van der Waals surface area (Å²) in [6.45, 7) is 0.0609. The van der Waals surface area contributed by atoms with E-state index in [1.807, 2.05) is 34.7 Å². The molecule has 2 aromatic rings. The third-order valence-electron chi connectivity index (χ3n) is 9.16. The number of benzene rings is 2. The summed E-state index contributed by atoms with van der Waals surface area (Å²) in [5, 5.41) is 24.5. The molecule has 2 aromatic carbocycles. The van der Waals surface area contributed by atoms with E-state index in [4.69, 9.17) is 21.1 Å². The number of ether oxygens (including phenoxy) is 2. The third-order valence-corrected chi connectivity index (χ3v) is 10.2. The van der Waals surface area contributed by atoms with Gasteiger partial charge in [-0.05, 0) is 95.5 Å². The van der Waals surface area contributed by atoms with Gasteiger partial charge in [-0.15, -0.1) is 0 Å². The number of fused-ring (bicyclic) bond motifs is 2. The van der Waals surface area contributed by atoms with Crippen molar-refractivity contribution in [2.45, 2.75) is 63.3 Å². The van der Waals surface area contributed by atoms with E-state index >= 15 is 0 Å². The van der Waals surface area contributed by atoms with Gasteiger partial charge in [-0.25, -0.2) is 0 Å². The summed E-state index contributed by atoms with van der Waals surface area (Å²) in [4.78, 5) is 40.5. The molecule has 3 N–H and O–H groups in total. The summed E-state index contributed by atoms with van der Waals surface area (Å²) in [5.74, 6) is 1.69. The fraction of sp³-hybridized carbons (Fsp3) is 0.485. The Bertz CT molecular complexity index is 1400. The first kappa shape index (κ1) is 32.7. The van der Waals surface area contributed by atoms with Crippen LogP contribution in [0.2, 0.25) is 5.02 Å². The van der Waals surface area contributed by atoms with Crippen molar-refractivity contribution in [2.24, 2.45) is 17.8 Å². The number of halogens is 2. The van der Waals surface area contributed by atoms with Crippen LogP contribution in [-0.4, -0.2) is 71.7 Å². The molecule has 0 aliphatic heterocycles. The van der Waals surface area contributed by atoms with Gasteiger partial charge in [0.2, 0.25) is 11.8 Å². The predicted octanol–water partition coefficient (Wildman–Crippen LogP) is 4.54. The number of aliphatic hydroxyl groups excluding tert-OH is 2. The second-order valence-corrected chi connectivity index (χ2v) is 13.6. The zero-order valence-corrected chi connectivity index (χ0v) is 27.5. The quantitative estimate of drug-likeness (QED) is 0.216. The highest BCUT2D eigenvalue weighted by atomic mass is 127. The molecule has 9 nitrogen and oxygen atoms in total. The Hall–Kier alpha value is -2.67. The summed E-state index contributed by atoms with van der Waals surface area (Å²) in [7, 11) is 1.46. The van der Waals surface area contributed by atoms with Crippen molar-refractivity contribution in [1.82, 2.24) is 10.2 Å². The molecule has 5 rings (SSSR count). The smallest absolute Gasteiger partial charge is 0.247 e. The predicted molar refractivity (Wildman–Crippen MR) is 174 cm³/mol. The van der Waals surface area contributed by atoms with E-state index in [0.29, 0.717) is 61.7 Å². The standard InChI is InChI=1S/C33H38ClIN2O7/c1-43-29-13-21(18-39)12-26(35)32(29)44-28-15-24(33(42)36-8-9-38)14-27(31(28)41)37(17-19-3-6-25(34)7-4-19)30(40)16-23-11-20-2-5-22(23)10-20/h3-4,6-7,12-13,15,18,20,22-23,27-28,31,38,41H,2,5,8-11,14,16-17H2,1H3,(H,36,42). The maximum absolute atomic E-state index is 14.2. The second kappa shape index (κ2) is 14.6. The van der Waals surface area contributed by atoms with Gasteiger partial charge in [0.05, 0.1) is 23.3 Å². The number of carbonyl (C=O) groups is 3. The normalized spacial score (nSPS) is 25.7. The molecule has 2 amide bonds. The maximum Gasteiger partial charge on any atom is 0.247 e. The Morgan fingerprint density at radius 2 is 1.95 bits per heavy atom. The molecule has 0 spiro atoms. The number of carbonyl (C=O) groups excluding carboxylic acids is 3. The van der Waals surface area contributed by atoms with Crippen molar-refractivity contribution in [3.05, 3.63) is 67.8 Å². The number of rotatable bonds is 12. The molecule has 0 aromatic heterocycles. The Labute approximate surface area is 276 Å². The molecule has 3 aliphatic rings. The van der Waals surface area contributed by atoms with Gasteiger partial charge in [0.1, 0.15) is 18.5 Å². The van der Waals surface area contributed by atoms with E-state index in [1.165, 1.54) is 20.0 Å². The minimum absolute atomic E-state index is 0.0610. The van der Waals surface area contributed by atoms with E-state index in [-0.39, 0.29) is 32.0 Å². The number of amides is 2. The van der Waals surface area contributed by atoms with Crippen LogP contribution in [0.3, 0.4) is 0 Å². The van der Waals surface area contributed by atoms with Crippen LogP contribution < -0.4 is 14.8 Å². The number of nitrogens with zero attached hydrogens (tertiary/aromatic N) is 1. The first-order valence-electron chi connectivity index (χ1n) is 15.0. The van der Waals surface area contributed by atoms with Crippen molar-refractivity contribution in [3.8, 4) is 11.5 Å². The number of hydrogen-bond donors (Lipinski definition) is 3. The first-order valence-corrected chi connectivity index (χ1v) is 16.5. The number of nitrogens with one attached hydrogen (secondary N) is 1. The Kier molecular flexibility index (Phi) is 10.9. The van der Waals surface area contributed by atoms with Gasteiger partial charge in [-0.3, -0.25) is 14.4 Å². The molecule has 0 radical (unpaired) electrons. The van der Waals surface area contributed by atoms with Gasteiger partial charge in [0.25, 0.3) is 0 Å². The molecule has 0 saturated heterocycles. The minimum Gasteiger partial charge on any atom is -0.493 e. The SMILES string of the molecule is COc1cc(C=O)cc(I)c1OC1C=C(C(=O)NCCO)CC(N(Cc2ccc(Cl)cc2)C(=O)CC2CC3CCC2C3)C1O. The zero-order chi connectivity index (χ0) is 31.4. The number of methoxy groups -OCH3 is 1. The van der Waals surface area contributed by atoms with Crippen molar-refractivity contribution < 1.29 is 34.1 Å². The van der Waals surface area contributed by atoms with Crippen LogP contribution in [-0.2, 0) is 16.1 Å². The minimum atomic E-state index is -1.19. The van der Waals surface area contributed by atoms with Crippen LogP contribution in [0.15, 0.2) is 48.0 Å². The molecule has 44 heavy (non-hydrogen) atoms. The highest BCUT2D eigenvalue weighted by Crippen LogP contribution is 2.50. The van der Waals surface area contributed by atoms with Crippen molar-refractivity contribution >= 4 is 52.3 Å². The summed E-state index contributed by atoms with van der Waals surface area (Å²) in [5.41, 5.74) is 1.59. The molecule has 0 heterocycles. The highest BCUT2D eigenvalue weighted by molar-refractivity contribution is 14.1. The maximum atomic E-state index is 14.2. The van der Waals surface area contributed by atoms with Crippen LogP contribution in [0.25, 0.3) is 0 Å². The van der Waals surface area contributed by atoms with Crippen molar-refractivity contribution in [2.75, 3.05) is 20.3 Å². The van der Waals surface area contributed by atoms with Crippen molar-refractivity contribution in [1.29, 1.82) is 0 Å². The Balaban J connectivity index is 1.49. The molecule has 6 unspecified atom stereocenters. The van der Waals surface area contributed by atoms with E-state index in [1.54, 1.807) is 35.2 Å². The average Bonchev–Trinajstić information content (AvgIpc) is 3.65. The van der Waals surface area contributed by atoms with Gasteiger partial charge in [-0.2, -0.15) is 0 Å². The van der Waals surface area contributed by atoms with Crippen LogP contribution in [0.1, 0.15) is 54.4 Å². The van der Waals surface area contributed by atoms with Gasteiger partial charge in [0, 0.05) is 42.1 Å². The van der Waals surface area contributed by atoms with E-state index in [2.05, 4.69) is 5.32 Å².